The van der Waals surface area contributed by atoms with Crippen molar-refractivity contribution in [3.8, 4) is 5.75 Å². The highest BCUT2D eigenvalue weighted by atomic mass is 19.1. The first-order valence-electron chi connectivity index (χ1n) is 11.6. The molecule has 3 rings (SSSR count). The van der Waals surface area contributed by atoms with Crippen LogP contribution in [0.5, 0.6) is 5.75 Å². The standard InChI is InChI=1S/C25H35FO4/c1-3-5-7-15-28-20-12-9-18(10-13-20)22-17-19-11-14-21(29-16-8-6-4-2)24(26)23(19)25(27)30-22/h11,14,17-18,20H,3-10,12-13,15-16H2,1-2H3. The summed E-state index contributed by atoms with van der Waals surface area (Å²) in [4.78, 5) is 12.6. The molecule has 4 nitrogen and oxygen atoms in total. The summed E-state index contributed by atoms with van der Waals surface area (Å²) in [6, 6.07) is 5.21. The molecule has 0 amide bonds. The first-order chi connectivity index (χ1) is 14.6. The Morgan fingerprint density at radius 2 is 1.70 bits per heavy atom. The Bertz CT molecular complexity index is 852. The van der Waals surface area contributed by atoms with Crippen LogP contribution in [0.1, 0.15) is 89.7 Å². The molecule has 0 unspecified atom stereocenters. The Hall–Kier alpha value is -1.88. The van der Waals surface area contributed by atoms with Crippen molar-refractivity contribution in [2.45, 2.75) is 90.1 Å². The van der Waals surface area contributed by atoms with Gasteiger partial charge in [0.15, 0.2) is 11.6 Å². The summed E-state index contributed by atoms with van der Waals surface area (Å²) in [5.74, 6) is 0.353. The van der Waals surface area contributed by atoms with Crippen LogP contribution in [-0.2, 0) is 4.74 Å². The van der Waals surface area contributed by atoms with Crippen molar-refractivity contribution in [3.05, 3.63) is 40.2 Å². The molecule has 1 saturated carbocycles. The van der Waals surface area contributed by atoms with Gasteiger partial charge in [-0.3, -0.25) is 0 Å². The fraction of sp³-hybridized carbons (Fsp3) is 0.640. The van der Waals surface area contributed by atoms with Gasteiger partial charge in [0.2, 0.25) is 0 Å². The molecule has 166 valence electrons. The maximum absolute atomic E-state index is 14.8. The molecule has 0 aliphatic heterocycles. The van der Waals surface area contributed by atoms with E-state index in [4.69, 9.17) is 13.9 Å². The zero-order valence-electron chi connectivity index (χ0n) is 18.4. The van der Waals surface area contributed by atoms with Crippen molar-refractivity contribution in [2.24, 2.45) is 0 Å². The number of fused-ring (bicyclic) bond motifs is 1. The van der Waals surface area contributed by atoms with Gasteiger partial charge in [0, 0.05) is 12.5 Å². The highest BCUT2D eigenvalue weighted by Crippen LogP contribution is 2.35. The molecule has 1 heterocycles. The molecule has 0 radical (unpaired) electrons. The van der Waals surface area contributed by atoms with Gasteiger partial charge >= 0.3 is 5.63 Å². The second-order valence-corrected chi connectivity index (χ2v) is 8.39. The molecular weight excluding hydrogens is 383 g/mol. The monoisotopic (exact) mass is 418 g/mol. The van der Waals surface area contributed by atoms with E-state index in [9.17, 15) is 9.18 Å². The van der Waals surface area contributed by atoms with Crippen LogP contribution in [0.15, 0.2) is 27.4 Å². The van der Waals surface area contributed by atoms with E-state index in [1.807, 2.05) is 6.07 Å². The van der Waals surface area contributed by atoms with Crippen molar-refractivity contribution in [1.82, 2.24) is 0 Å². The number of ether oxygens (including phenoxy) is 2. The Labute approximate surface area is 178 Å². The lowest BCUT2D eigenvalue weighted by Crippen LogP contribution is -2.22. The third kappa shape index (κ3) is 5.84. The Kier molecular flexibility index (Phi) is 8.74. The van der Waals surface area contributed by atoms with E-state index in [2.05, 4.69) is 13.8 Å². The van der Waals surface area contributed by atoms with Crippen molar-refractivity contribution in [1.29, 1.82) is 0 Å². The van der Waals surface area contributed by atoms with Crippen LogP contribution >= 0.6 is 0 Å². The lowest BCUT2D eigenvalue weighted by Gasteiger charge is -2.28. The summed E-state index contributed by atoms with van der Waals surface area (Å²) >= 11 is 0. The van der Waals surface area contributed by atoms with Crippen molar-refractivity contribution in [2.75, 3.05) is 13.2 Å². The summed E-state index contributed by atoms with van der Waals surface area (Å²) < 4.78 is 31.9. The Morgan fingerprint density at radius 1 is 1.00 bits per heavy atom. The molecule has 1 aliphatic rings. The summed E-state index contributed by atoms with van der Waals surface area (Å²) in [6.45, 7) is 5.57. The Balaban J connectivity index is 1.65. The van der Waals surface area contributed by atoms with Crippen molar-refractivity contribution in [3.63, 3.8) is 0 Å². The minimum absolute atomic E-state index is 0.0142. The normalized spacial score (nSPS) is 19.3. The van der Waals surface area contributed by atoms with Crippen LogP contribution in [0.25, 0.3) is 10.8 Å². The Morgan fingerprint density at radius 3 is 2.40 bits per heavy atom. The molecule has 1 fully saturated rings. The third-order valence-electron chi connectivity index (χ3n) is 6.03. The SMILES string of the molecule is CCCCCOc1ccc2cc(C3CCC(OCCCCC)CC3)oc(=O)c2c1F. The lowest BCUT2D eigenvalue weighted by atomic mass is 9.85. The molecule has 2 aromatic rings. The minimum atomic E-state index is -0.617. The predicted octanol–water partition coefficient (Wildman–Crippen LogP) is 6.73. The summed E-state index contributed by atoms with van der Waals surface area (Å²) in [7, 11) is 0. The minimum Gasteiger partial charge on any atom is -0.490 e. The number of hydrogen-bond donors (Lipinski definition) is 0. The number of rotatable bonds is 11. The summed E-state index contributed by atoms with van der Waals surface area (Å²) in [5, 5.41) is 0.567. The van der Waals surface area contributed by atoms with Crippen LogP contribution in [0.2, 0.25) is 0 Å². The van der Waals surface area contributed by atoms with Crippen LogP contribution in [-0.4, -0.2) is 19.3 Å². The fourth-order valence-corrected chi connectivity index (χ4v) is 4.20. The molecule has 5 heteroatoms. The molecular formula is C25H35FO4. The van der Waals surface area contributed by atoms with E-state index in [0.29, 0.717) is 23.9 Å². The van der Waals surface area contributed by atoms with Crippen LogP contribution in [0, 0.1) is 5.82 Å². The zero-order valence-corrected chi connectivity index (χ0v) is 18.4. The van der Waals surface area contributed by atoms with Gasteiger partial charge in [-0.25, -0.2) is 9.18 Å². The molecule has 1 aromatic heterocycles. The smallest absolute Gasteiger partial charge is 0.346 e. The molecule has 1 aliphatic carbocycles. The van der Waals surface area contributed by atoms with Gasteiger partial charge in [-0.05, 0) is 56.0 Å². The molecule has 0 N–H and O–H groups in total. The van der Waals surface area contributed by atoms with E-state index < -0.39 is 11.4 Å². The van der Waals surface area contributed by atoms with Crippen LogP contribution in [0.3, 0.4) is 0 Å². The van der Waals surface area contributed by atoms with Gasteiger partial charge in [-0.1, -0.05) is 45.6 Å². The average Bonchev–Trinajstić information content (AvgIpc) is 2.76. The number of benzene rings is 1. The summed E-state index contributed by atoms with van der Waals surface area (Å²) in [6.07, 6.45) is 10.6. The maximum Gasteiger partial charge on any atom is 0.346 e. The van der Waals surface area contributed by atoms with Gasteiger partial charge < -0.3 is 13.9 Å². The quantitative estimate of drug-likeness (QED) is 0.379. The van der Waals surface area contributed by atoms with Gasteiger partial charge in [0.25, 0.3) is 0 Å². The average molecular weight is 419 g/mol. The van der Waals surface area contributed by atoms with E-state index in [1.54, 1.807) is 12.1 Å². The molecule has 1 aromatic carbocycles. The molecule has 0 bridgehead atoms. The van der Waals surface area contributed by atoms with E-state index >= 15 is 0 Å². The topological polar surface area (TPSA) is 48.7 Å². The molecule has 0 spiro atoms. The lowest BCUT2D eigenvalue weighted by molar-refractivity contribution is 0.0213. The second-order valence-electron chi connectivity index (χ2n) is 8.39. The molecule has 0 atom stereocenters. The fourth-order valence-electron chi connectivity index (χ4n) is 4.20. The molecule has 30 heavy (non-hydrogen) atoms. The van der Waals surface area contributed by atoms with Gasteiger partial charge in [-0.2, -0.15) is 0 Å². The maximum atomic E-state index is 14.8. The van der Waals surface area contributed by atoms with E-state index in [0.717, 1.165) is 58.0 Å². The highest BCUT2D eigenvalue weighted by Gasteiger charge is 2.26. The van der Waals surface area contributed by atoms with Crippen molar-refractivity contribution < 1.29 is 18.3 Å². The first-order valence-corrected chi connectivity index (χ1v) is 11.6. The van der Waals surface area contributed by atoms with Gasteiger partial charge in [-0.15, -0.1) is 0 Å². The highest BCUT2D eigenvalue weighted by molar-refractivity contribution is 5.83. The summed E-state index contributed by atoms with van der Waals surface area (Å²) in [5.41, 5.74) is -0.614. The zero-order chi connectivity index (χ0) is 21.3. The van der Waals surface area contributed by atoms with Crippen molar-refractivity contribution >= 4 is 10.8 Å². The number of hydrogen-bond acceptors (Lipinski definition) is 4. The van der Waals surface area contributed by atoms with Gasteiger partial charge in [0.1, 0.15) is 11.1 Å². The van der Waals surface area contributed by atoms with E-state index in [-0.39, 0.29) is 17.1 Å². The van der Waals surface area contributed by atoms with Crippen LogP contribution in [0.4, 0.5) is 4.39 Å². The number of unbranched alkanes of at least 4 members (excludes halogenated alkanes) is 4. The second kappa shape index (κ2) is 11.5. The van der Waals surface area contributed by atoms with Gasteiger partial charge in [0.05, 0.1) is 12.7 Å². The number of halogens is 1. The third-order valence-corrected chi connectivity index (χ3v) is 6.03. The predicted molar refractivity (Wildman–Crippen MR) is 118 cm³/mol. The van der Waals surface area contributed by atoms with Crippen LogP contribution < -0.4 is 10.4 Å². The van der Waals surface area contributed by atoms with E-state index in [1.165, 1.54) is 12.8 Å². The first kappa shape index (κ1) is 22.8. The molecule has 0 saturated heterocycles. The largest absolute Gasteiger partial charge is 0.490 e.